The van der Waals surface area contributed by atoms with Gasteiger partial charge in [-0.05, 0) is 79.0 Å². The van der Waals surface area contributed by atoms with Crippen molar-refractivity contribution < 1.29 is 0 Å². The molecule has 0 spiro atoms. The molecule has 0 aliphatic rings. The van der Waals surface area contributed by atoms with Gasteiger partial charge in [0, 0.05) is 23.3 Å². The van der Waals surface area contributed by atoms with Gasteiger partial charge in [-0.25, -0.2) is 0 Å². The lowest BCUT2D eigenvalue weighted by Crippen LogP contribution is -1.98. The van der Waals surface area contributed by atoms with Crippen molar-refractivity contribution in [3.63, 3.8) is 0 Å². The van der Waals surface area contributed by atoms with Crippen LogP contribution in [0.15, 0.2) is 158 Å². The van der Waals surface area contributed by atoms with E-state index in [0.29, 0.717) is 0 Å². The summed E-state index contributed by atoms with van der Waals surface area (Å²) in [7, 11) is 0. The summed E-state index contributed by atoms with van der Waals surface area (Å²) in [5.74, 6) is 0. The largest absolute Gasteiger partial charge is 0.264 e. The molecule has 0 atom stereocenters. The fraction of sp³-hybridized carbons (Fsp3) is 0. The van der Waals surface area contributed by atoms with E-state index in [9.17, 15) is 0 Å². The Morgan fingerprint density at radius 1 is 0.422 bits per heavy atom. The molecule has 4 heteroatoms. The highest BCUT2D eigenvalue weighted by Crippen LogP contribution is 2.45. The van der Waals surface area contributed by atoms with Crippen LogP contribution in [0.25, 0.3) is 82.4 Å². The van der Waals surface area contributed by atoms with Crippen LogP contribution in [0.3, 0.4) is 0 Å². The fourth-order valence-electron chi connectivity index (χ4n) is 6.69. The Kier molecular flexibility index (Phi) is 5.78. The monoisotopic (exact) mass is 574 g/mol. The Hall–Kier alpha value is -6.13. The van der Waals surface area contributed by atoms with Crippen molar-refractivity contribution >= 4 is 43.4 Å². The number of nitrogens with zero attached hydrogens (tertiary/aromatic N) is 4. The van der Waals surface area contributed by atoms with Crippen LogP contribution in [0.5, 0.6) is 0 Å². The standard InChI is InChI=1S/C41H26N4/c1-2-11-28(12-3-1)38-33-16-6-8-18-35(33)39(36-19-9-7-17-34(36)38)37-25-29-13-4-5-15-32(29)40-41(37)44-45(43-40)31-22-20-27(21-23-31)30-14-10-24-42-26-30/h1-26H. The van der Waals surface area contributed by atoms with Crippen molar-refractivity contribution in [2.24, 2.45) is 0 Å². The van der Waals surface area contributed by atoms with Crippen LogP contribution in [0.1, 0.15) is 0 Å². The minimum absolute atomic E-state index is 0.882. The predicted molar refractivity (Wildman–Crippen MR) is 185 cm³/mol. The molecule has 45 heavy (non-hydrogen) atoms. The SMILES string of the molecule is c1ccc(-c2c3ccccc3c(-c3cc4ccccc4c4nn(-c5ccc(-c6cccnc6)cc5)nc34)c3ccccc23)cc1. The maximum atomic E-state index is 5.20. The highest BCUT2D eigenvalue weighted by atomic mass is 15.5. The van der Waals surface area contributed by atoms with Crippen LogP contribution in [-0.4, -0.2) is 20.0 Å². The second-order valence-electron chi connectivity index (χ2n) is 11.3. The summed E-state index contributed by atoms with van der Waals surface area (Å²) in [5, 5.41) is 17.4. The molecule has 0 saturated heterocycles. The molecule has 2 aromatic heterocycles. The molecule has 0 N–H and O–H groups in total. The van der Waals surface area contributed by atoms with Gasteiger partial charge in [-0.2, -0.15) is 4.80 Å². The molecular weight excluding hydrogens is 548 g/mol. The van der Waals surface area contributed by atoms with E-state index >= 15 is 0 Å². The zero-order valence-electron chi connectivity index (χ0n) is 24.3. The maximum absolute atomic E-state index is 5.20. The van der Waals surface area contributed by atoms with Gasteiger partial charge in [0.05, 0.1) is 5.69 Å². The first-order valence-corrected chi connectivity index (χ1v) is 15.1. The quantitative estimate of drug-likeness (QED) is 0.196. The fourth-order valence-corrected chi connectivity index (χ4v) is 6.69. The molecular formula is C41H26N4. The third kappa shape index (κ3) is 4.11. The predicted octanol–water partition coefficient (Wildman–Crippen LogP) is 10.3. The van der Waals surface area contributed by atoms with E-state index in [4.69, 9.17) is 10.2 Å². The van der Waals surface area contributed by atoms with Crippen molar-refractivity contribution in [1.29, 1.82) is 0 Å². The normalized spacial score (nSPS) is 11.6. The molecule has 4 nitrogen and oxygen atoms in total. The molecule has 2 heterocycles. The summed E-state index contributed by atoms with van der Waals surface area (Å²) in [6.07, 6.45) is 3.67. The number of benzene rings is 7. The second kappa shape index (κ2) is 10.2. The van der Waals surface area contributed by atoms with E-state index in [2.05, 4.69) is 145 Å². The van der Waals surface area contributed by atoms with Crippen molar-refractivity contribution in [2.45, 2.75) is 0 Å². The molecule has 0 fully saturated rings. The summed E-state index contributed by atoms with van der Waals surface area (Å²) in [6.45, 7) is 0. The van der Waals surface area contributed by atoms with E-state index in [-0.39, 0.29) is 0 Å². The van der Waals surface area contributed by atoms with Crippen LogP contribution < -0.4 is 0 Å². The first-order valence-electron chi connectivity index (χ1n) is 15.1. The number of pyridine rings is 1. The lowest BCUT2D eigenvalue weighted by Gasteiger charge is -2.18. The van der Waals surface area contributed by atoms with E-state index < -0.39 is 0 Å². The number of aromatic nitrogens is 4. The van der Waals surface area contributed by atoms with Gasteiger partial charge in [0.15, 0.2) is 0 Å². The summed E-state index contributed by atoms with van der Waals surface area (Å²) < 4.78 is 0. The molecule has 0 bridgehead atoms. The molecule has 0 amide bonds. The minimum atomic E-state index is 0.882. The third-order valence-electron chi connectivity index (χ3n) is 8.74. The van der Waals surface area contributed by atoms with Gasteiger partial charge in [0.1, 0.15) is 11.0 Å². The van der Waals surface area contributed by atoms with E-state index in [1.54, 1.807) is 11.0 Å². The average molecular weight is 575 g/mol. The van der Waals surface area contributed by atoms with E-state index in [0.717, 1.165) is 44.2 Å². The average Bonchev–Trinajstić information content (AvgIpc) is 3.57. The van der Waals surface area contributed by atoms with Crippen LogP contribution >= 0.6 is 0 Å². The number of fused-ring (bicyclic) bond motifs is 5. The van der Waals surface area contributed by atoms with Crippen LogP contribution in [0.2, 0.25) is 0 Å². The summed E-state index contributed by atoms with van der Waals surface area (Å²) in [4.78, 5) is 6.05. The van der Waals surface area contributed by atoms with E-state index in [1.165, 1.54) is 38.2 Å². The van der Waals surface area contributed by atoms with Crippen LogP contribution in [0, 0.1) is 0 Å². The second-order valence-corrected chi connectivity index (χ2v) is 11.3. The molecule has 0 unspecified atom stereocenters. The molecule has 0 aliphatic heterocycles. The Labute approximate surface area is 259 Å². The molecule has 210 valence electrons. The molecule has 0 aliphatic carbocycles. The molecule has 9 aromatic rings. The van der Waals surface area contributed by atoms with Crippen molar-refractivity contribution in [2.75, 3.05) is 0 Å². The van der Waals surface area contributed by atoms with Crippen molar-refractivity contribution in [1.82, 2.24) is 20.0 Å². The molecule has 7 aromatic carbocycles. The Balaban J connectivity index is 1.34. The molecule has 9 rings (SSSR count). The highest BCUT2D eigenvalue weighted by Gasteiger charge is 2.21. The third-order valence-corrected chi connectivity index (χ3v) is 8.74. The maximum Gasteiger partial charge on any atom is 0.122 e. The number of rotatable bonds is 4. The van der Waals surface area contributed by atoms with E-state index in [1.807, 2.05) is 12.3 Å². The topological polar surface area (TPSA) is 43.6 Å². The van der Waals surface area contributed by atoms with Crippen molar-refractivity contribution in [3.8, 4) is 39.1 Å². The summed E-state index contributed by atoms with van der Waals surface area (Å²) in [6, 6.07) is 51.3. The smallest absolute Gasteiger partial charge is 0.122 e. The lowest BCUT2D eigenvalue weighted by atomic mass is 9.85. The van der Waals surface area contributed by atoms with Gasteiger partial charge in [-0.1, -0.05) is 121 Å². The van der Waals surface area contributed by atoms with Gasteiger partial charge in [-0.15, -0.1) is 10.2 Å². The van der Waals surface area contributed by atoms with Gasteiger partial charge < -0.3 is 0 Å². The zero-order valence-corrected chi connectivity index (χ0v) is 24.3. The Bertz CT molecular complexity index is 2460. The van der Waals surface area contributed by atoms with Gasteiger partial charge in [-0.3, -0.25) is 4.98 Å². The Morgan fingerprint density at radius 3 is 1.67 bits per heavy atom. The first-order chi connectivity index (χ1) is 22.3. The number of hydrogen-bond acceptors (Lipinski definition) is 3. The molecule has 0 radical (unpaired) electrons. The zero-order chi connectivity index (χ0) is 29.7. The number of hydrogen-bond donors (Lipinski definition) is 0. The Morgan fingerprint density at radius 2 is 1.00 bits per heavy atom. The summed E-state index contributed by atoms with van der Waals surface area (Å²) >= 11 is 0. The lowest BCUT2D eigenvalue weighted by molar-refractivity contribution is 0.766. The van der Waals surface area contributed by atoms with Crippen LogP contribution in [-0.2, 0) is 0 Å². The van der Waals surface area contributed by atoms with Crippen LogP contribution in [0.4, 0.5) is 0 Å². The highest BCUT2D eigenvalue weighted by molar-refractivity contribution is 6.24. The molecule has 0 saturated carbocycles. The van der Waals surface area contributed by atoms with Gasteiger partial charge in [0.2, 0.25) is 0 Å². The summed E-state index contributed by atoms with van der Waals surface area (Å²) in [5.41, 5.74) is 9.57. The first kappa shape index (κ1) is 25.4. The van der Waals surface area contributed by atoms with Gasteiger partial charge in [0.25, 0.3) is 0 Å². The van der Waals surface area contributed by atoms with Gasteiger partial charge >= 0.3 is 0 Å². The van der Waals surface area contributed by atoms with Crippen molar-refractivity contribution in [3.05, 3.63) is 158 Å². The minimum Gasteiger partial charge on any atom is -0.264 e.